The third-order valence-corrected chi connectivity index (χ3v) is 11.8. The molecule has 6 heteroatoms. The van der Waals surface area contributed by atoms with Crippen molar-refractivity contribution in [2.45, 2.75) is 123 Å². The molecule has 0 saturated heterocycles. The van der Waals surface area contributed by atoms with Crippen molar-refractivity contribution >= 4 is 5.91 Å². The normalized spacial score (nSPS) is 44.9. The number of aliphatic hydroxyl groups excluding tert-OH is 3. The molecule has 1 amide bonds. The number of nitrogens with one attached hydrogen (secondary N) is 1. The number of fused-ring (bicyclic) bond motifs is 5. The van der Waals surface area contributed by atoms with Crippen LogP contribution in [-0.2, 0) is 4.79 Å². The van der Waals surface area contributed by atoms with Gasteiger partial charge >= 0.3 is 0 Å². The van der Waals surface area contributed by atoms with Crippen LogP contribution >= 0.6 is 0 Å². The topological polar surface area (TPSA) is 116 Å². The summed E-state index contributed by atoms with van der Waals surface area (Å²) < 4.78 is 0. The van der Waals surface area contributed by atoms with Crippen molar-refractivity contribution in [2.24, 2.45) is 52.1 Å². The maximum Gasteiger partial charge on any atom is 0.220 e. The van der Waals surface area contributed by atoms with Crippen LogP contribution in [0.3, 0.4) is 0 Å². The maximum atomic E-state index is 12.5. The van der Waals surface area contributed by atoms with E-state index >= 15 is 0 Å². The number of carbonyl (C=O) groups is 1. The van der Waals surface area contributed by atoms with E-state index in [9.17, 15) is 20.1 Å². The Hall–Kier alpha value is -0.690. The first-order valence-electron chi connectivity index (χ1n) is 15.1. The van der Waals surface area contributed by atoms with Gasteiger partial charge in [0.2, 0.25) is 5.91 Å². The van der Waals surface area contributed by atoms with Gasteiger partial charge in [-0.3, -0.25) is 4.79 Å². The van der Waals surface area contributed by atoms with E-state index in [1.165, 1.54) is 0 Å². The van der Waals surface area contributed by atoms with Gasteiger partial charge in [0, 0.05) is 13.0 Å². The van der Waals surface area contributed by atoms with Crippen LogP contribution in [0.15, 0.2) is 0 Å². The SMILES string of the molecule is C[C@H](CCC(=O)NCCCCCCN)[C@H]1CC[C@H]2[C@@H]3C(O)C[C@H]4CC(O)CC[C@]4(C)[C@H]3CC(O)[C@]12C. The zero-order chi connectivity index (χ0) is 26.1. The summed E-state index contributed by atoms with van der Waals surface area (Å²) in [5.41, 5.74) is 5.45. The van der Waals surface area contributed by atoms with Crippen LogP contribution in [0.5, 0.6) is 0 Å². The highest BCUT2D eigenvalue weighted by Crippen LogP contribution is 2.68. The van der Waals surface area contributed by atoms with E-state index in [1.54, 1.807) is 0 Å². The van der Waals surface area contributed by atoms with Crippen LogP contribution in [0, 0.1) is 46.3 Å². The summed E-state index contributed by atoms with van der Waals surface area (Å²) in [6.45, 7) is 8.43. The molecule has 6 N–H and O–H groups in total. The third-order valence-electron chi connectivity index (χ3n) is 11.8. The maximum absolute atomic E-state index is 12.5. The van der Waals surface area contributed by atoms with E-state index in [4.69, 9.17) is 5.73 Å². The van der Waals surface area contributed by atoms with Gasteiger partial charge in [0.05, 0.1) is 18.3 Å². The van der Waals surface area contributed by atoms with Crippen LogP contribution in [-0.4, -0.2) is 52.6 Å². The summed E-state index contributed by atoms with van der Waals surface area (Å²) in [7, 11) is 0. The summed E-state index contributed by atoms with van der Waals surface area (Å²) in [6.07, 6.45) is 11.1. The molecule has 0 aromatic heterocycles. The standard InChI is InChI=1S/C30H54N2O4/c1-19(8-11-27(36)32-15-7-5-4-6-14-31)22-9-10-23-28-24(18-26(35)30(22,23)3)29(2)13-12-21(33)16-20(29)17-25(28)34/h19-26,28,33-35H,4-18,31H2,1-3H3,(H,32,36)/t19-,20-,21?,22-,23+,24+,25?,26?,28+,29+,30-/m1/s1. The van der Waals surface area contributed by atoms with Gasteiger partial charge in [0.15, 0.2) is 0 Å². The Labute approximate surface area is 219 Å². The Kier molecular flexibility index (Phi) is 9.12. The predicted octanol–water partition coefficient (Wildman–Crippen LogP) is 4.00. The van der Waals surface area contributed by atoms with E-state index in [0.717, 1.165) is 90.1 Å². The van der Waals surface area contributed by atoms with Gasteiger partial charge in [0.25, 0.3) is 0 Å². The molecular weight excluding hydrogens is 452 g/mol. The Morgan fingerprint density at radius 2 is 1.75 bits per heavy atom. The van der Waals surface area contributed by atoms with Crippen molar-refractivity contribution in [3.8, 4) is 0 Å². The van der Waals surface area contributed by atoms with Crippen LogP contribution < -0.4 is 11.1 Å². The lowest BCUT2D eigenvalue weighted by atomic mass is 9.43. The van der Waals surface area contributed by atoms with Gasteiger partial charge in [0.1, 0.15) is 0 Å². The minimum Gasteiger partial charge on any atom is -0.393 e. The third kappa shape index (κ3) is 5.26. The first-order valence-corrected chi connectivity index (χ1v) is 15.1. The molecule has 0 spiro atoms. The molecule has 0 aliphatic heterocycles. The molecule has 0 heterocycles. The van der Waals surface area contributed by atoms with Gasteiger partial charge in [-0.05, 0) is 117 Å². The molecule has 4 rings (SSSR count). The highest BCUT2D eigenvalue weighted by molar-refractivity contribution is 5.75. The Morgan fingerprint density at radius 1 is 1.00 bits per heavy atom. The van der Waals surface area contributed by atoms with E-state index in [1.807, 2.05) is 0 Å². The first-order chi connectivity index (χ1) is 17.1. The van der Waals surface area contributed by atoms with Crippen LogP contribution in [0.4, 0.5) is 0 Å². The fourth-order valence-corrected chi connectivity index (χ4v) is 9.63. The number of aliphatic hydroxyl groups is 3. The molecule has 0 radical (unpaired) electrons. The van der Waals surface area contributed by atoms with Crippen molar-refractivity contribution in [1.29, 1.82) is 0 Å². The number of hydrogen-bond acceptors (Lipinski definition) is 5. The quantitative estimate of drug-likeness (QED) is 0.287. The molecule has 0 aromatic carbocycles. The second-order valence-electron chi connectivity index (χ2n) is 13.6. The second kappa shape index (κ2) is 11.6. The summed E-state index contributed by atoms with van der Waals surface area (Å²) in [4.78, 5) is 12.5. The van der Waals surface area contributed by atoms with Gasteiger partial charge < -0.3 is 26.4 Å². The van der Waals surface area contributed by atoms with E-state index < -0.39 is 0 Å². The van der Waals surface area contributed by atoms with Crippen molar-refractivity contribution in [1.82, 2.24) is 5.32 Å². The zero-order valence-corrected chi connectivity index (χ0v) is 23.1. The monoisotopic (exact) mass is 506 g/mol. The molecule has 4 aliphatic carbocycles. The average Bonchev–Trinajstić information content (AvgIpc) is 3.20. The van der Waals surface area contributed by atoms with Gasteiger partial charge in [-0.1, -0.05) is 33.6 Å². The minimum atomic E-state index is -0.365. The van der Waals surface area contributed by atoms with Crippen molar-refractivity contribution in [3.63, 3.8) is 0 Å². The lowest BCUT2D eigenvalue weighted by Gasteiger charge is -2.63. The summed E-state index contributed by atoms with van der Waals surface area (Å²) in [5.74, 6) is 2.16. The zero-order valence-electron chi connectivity index (χ0n) is 23.1. The number of nitrogens with two attached hydrogens (primary N) is 1. The highest BCUT2D eigenvalue weighted by atomic mass is 16.3. The predicted molar refractivity (Wildman–Crippen MR) is 143 cm³/mol. The summed E-state index contributed by atoms with van der Waals surface area (Å²) in [5, 5.41) is 36.5. The number of amides is 1. The lowest BCUT2D eigenvalue weighted by Crippen LogP contribution is -2.62. The Bertz CT molecular complexity index is 748. The molecule has 36 heavy (non-hydrogen) atoms. The van der Waals surface area contributed by atoms with Crippen LogP contribution in [0.2, 0.25) is 0 Å². The lowest BCUT2D eigenvalue weighted by molar-refractivity contribution is -0.207. The number of carbonyl (C=O) groups excluding carboxylic acids is 1. The van der Waals surface area contributed by atoms with E-state index in [2.05, 4.69) is 26.1 Å². The Balaban J connectivity index is 1.36. The van der Waals surface area contributed by atoms with Crippen molar-refractivity contribution < 1.29 is 20.1 Å². The smallest absolute Gasteiger partial charge is 0.220 e. The van der Waals surface area contributed by atoms with Crippen LogP contribution in [0.25, 0.3) is 0 Å². The molecule has 4 aliphatic rings. The molecule has 3 unspecified atom stereocenters. The second-order valence-corrected chi connectivity index (χ2v) is 13.6. The fraction of sp³-hybridized carbons (Fsp3) is 0.967. The fourth-order valence-electron chi connectivity index (χ4n) is 9.63. The molecule has 6 nitrogen and oxygen atoms in total. The molecule has 0 aromatic rings. The molecular formula is C30H54N2O4. The number of hydrogen-bond donors (Lipinski definition) is 5. The molecule has 4 fully saturated rings. The number of unbranched alkanes of at least 4 members (excludes halogenated alkanes) is 3. The highest BCUT2D eigenvalue weighted by Gasteiger charge is 2.65. The van der Waals surface area contributed by atoms with Crippen molar-refractivity contribution in [2.75, 3.05) is 13.1 Å². The van der Waals surface area contributed by atoms with Crippen molar-refractivity contribution in [3.05, 3.63) is 0 Å². The van der Waals surface area contributed by atoms with Gasteiger partial charge in [-0.2, -0.15) is 0 Å². The average molecular weight is 507 g/mol. The Morgan fingerprint density at radius 3 is 2.50 bits per heavy atom. The molecule has 208 valence electrons. The first kappa shape index (κ1) is 28.3. The van der Waals surface area contributed by atoms with Gasteiger partial charge in [-0.25, -0.2) is 0 Å². The largest absolute Gasteiger partial charge is 0.393 e. The van der Waals surface area contributed by atoms with Gasteiger partial charge in [-0.15, -0.1) is 0 Å². The summed E-state index contributed by atoms with van der Waals surface area (Å²) >= 11 is 0. The minimum absolute atomic E-state index is 0.109. The summed E-state index contributed by atoms with van der Waals surface area (Å²) in [6, 6.07) is 0. The van der Waals surface area contributed by atoms with Crippen LogP contribution in [0.1, 0.15) is 104 Å². The van der Waals surface area contributed by atoms with E-state index in [0.29, 0.717) is 36.0 Å². The molecule has 0 bridgehead atoms. The number of rotatable bonds is 10. The molecule has 11 atom stereocenters. The van der Waals surface area contributed by atoms with E-state index in [-0.39, 0.29) is 41.0 Å². The molecule has 4 saturated carbocycles.